The summed E-state index contributed by atoms with van der Waals surface area (Å²) in [5, 5.41) is 0. The van der Waals surface area contributed by atoms with Gasteiger partial charge in [0.25, 0.3) is 0 Å². The van der Waals surface area contributed by atoms with E-state index in [2.05, 4.69) is 35.6 Å². The Hall–Kier alpha value is -0.120. The van der Waals surface area contributed by atoms with Crippen LogP contribution in [0.5, 0.6) is 0 Å². The molecule has 0 amide bonds. The lowest BCUT2D eigenvalue weighted by molar-refractivity contribution is -0.0509. The van der Waals surface area contributed by atoms with Crippen LogP contribution in [0.25, 0.3) is 0 Å². The second-order valence-corrected chi connectivity index (χ2v) is 7.28. The smallest absolute Gasteiger partial charge is 0.0235 e. The quantitative estimate of drug-likeness (QED) is 0.770. The summed E-state index contributed by atoms with van der Waals surface area (Å²) < 4.78 is 0. The maximum absolute atomic E-state index is 2.82. The highest BCUT2D eigenvalue weighted by molar-refractivity contribution is 5.00. The van der Waals surface area contributed by atoms with E-state index < -0.39 is 0 Å². The van der Waals surface area contributed by atoms with Gasteiger partial charge in [-0.2, -0.15) is 0 Å². The number of rotatable bonds is 2. The Morgan fingerprint density at radius 1 is 1.05 bits per heavy atom. The van der Waals surface area contributed by atoms with Gasteiger partial charge in [-0.25, -0.2) is 0 Å². The molecule has 0 saturated carbocycles. The van der Waals surface area contributed by atoms with Gasteiger partial charge in [0.15, 0.2) is 0 Å². The first kappa shape index (κ1) is 16.3. The molecule has 3 rings (SSSR count). The lowest BCUT2D eigenvalue weighted by Gasteiger charge is -2.54. The third-order valence-corrected chi connectivity index (χ3v) is 5.34. The van der Waals surface area contributed by atoms with E-state index in [0.29, 0.717) is 5.41 Å². The number of hydrogen-bond donors (Lipinski definition) is 0. The molecule has 0 aromatic heterocycles. The number of hydrogen-bond acceptors (Lipinski definition) is 3. The summed E-state index contributed by atoms with van der Waals surface area (Å²) in [5.41, 5.74) is 0.665. The minimum absolute atomic E-state index is 0.665. The summed E-state index contributed by atoms with van der Waals surface area (Å²) in [6, 6.07) is 1.57. The van der Waals surface area contributed by atoms with E-state index >= 15 is 0 Å². The molecule has 0 bridgehead atoms. The van der Waals surface area contributed by atoms with Crippen LogP contribution in [0, 0.1) is 5.41 Å². The molecule has 0 aromatic rings. The van der Waals surface area contributed by atoms with Crippen LogP contribution in [0.1, 0.15) is 47.0 Å². The zero-order valence-electron chi connectivity index (χ0n) is 14.4. The van der Waals surface area contributed by atoms with Crippen molar-refractivity contribution in [3.05, 3.63) is 0 Å². The Bertz CT molecular complexity index is 291. The first-order valence-corrected chi connectivity index (χ1v) is 8.75. The molecular formula is C17H35N3. The van der Waals surface area contributed by atoms with E-state index in [9.17, 15) is 0 Å². The van der Waals surface area contributed by atoms with Crippen molar-refractivity contribution in [2.24, 2.45) is 5.41 Å². The SMILES string of the molecule is CC.CC(C)N1CCC(N2CCCC3(CN(C)C3)C2)C1. The van der Waals surface area contributed by atoms with Gasteiger partial charge in [0, 0.05) is 50.2 Å². The Morgan fingerprint density at radius 2 is 1.75 bits per heavy atom. The zero-order chi connectivity index (χ0) is 14.8. The molecule has 0 N–H and O–H groups in total. The van der Waals surface area contributed by atoms with Crippen molar-refractivity contribution < 1.29 is 0 Å². The topological polar surface area (TPSA) is 9.72 Å². The summed E-state index contributed by atoms with van der Waals surface area (Å²) in [6.07, 6.45) is 4.28. The van der Waals surface area contributed by atoms with Crippen molar-refractivity contribution >= 4 is 0 Å². The van der Waals surface area contributed by atoms with Gasteiger partial charge in [0.05, 0.1) is 0 Å². The summed E-state index contributed by atoms with van der Waals surface area (Å²) in [7, 11) is 2.26. The van der Waals surface area contributed by atoms with Gasteiger partial charge >= 0.3 is 0 Å². The molecule has 0 aromatic carbocycles. The minimum atomic E-state index is 0.665. The second kappa shape index (κ2) is 6.76. The molecule has 3 saturated heterocycles. The molecule has 3 aliphatic heterocycles. The normalized spacial score (nSPS) is 31.2. The number of piperidine rings is 1. The van der Waals surface area contributed by atoms with Gasteiger partial charge in [0.2, 0.25) is 0 Å². The summed E-state index contributed by atoms with van der Waals surface area (Å²) in [5.74, 6) is 0. The summed E-state index contributed by atoms with van der Waals surface area (Å²) >= 11 is 0. The minimum Gasteiger partial charge on any atom is -0.305 e. The van der Waals surface area contributed by atoms with Crippen molar-refractivity contribution in [1.29, 1.82) is 0 Å². The molecule has 118 valence electrons. The van der Waals surface area contributed by atoms with E-state index in [-0.39, 0.29) is 0 Å². The van der Waals surface area contributed by atoms with E-state index in [1.807, 2.05) is 13.8 Å². The first-order valence-electron chi connectivity index (χ1n) is 8.75. The highest BCUT2D eigenvalue weighted by Gasteiger charge is 2.45. The number of nitrogens with zero attached hydrogens (tertiary/aromatic N) is 3. The lowest BCUT2D eigenvalue weighted by Crippen LogP contribution is -2.62. The lowest BCUT2D eigenvalue weighted by atomic mass is 9.73. The van der Waals surface area contributed by atoms with Crippen molar-refractivity contribution in [3.63, 3.8) is 0 Å². The Balaban J connectivity index is 0.000000704. The Morgan fingerprint density at radius 3 is 2.30 bits per heavy atom. The fraction of sp³-hybridized carbons (Fsp3) is 1.00. The van der Waals surface area contributed by atoms with Crippen molar-refractivity contribution in [2.45, 2.75) is 59.0 Å². The molecule has 0 aliphatic carbocycles. The summed E-state index contributed by atoms with van der Waals surface area (Å²) in [4.78, 5) is 7.95. The van der Waals surface area contributed by atoms with Crippen molar-refractivity contribution in [1.82, 2.24) is 14.7 Å². The standard InChI is InChI=1S/C15H29N3.C2H6/c1-13(2)17-8-5-14(9-17)18-7-4-6-15(12-18)10-16(3)11-15;1-2/h13-14H,4-12H2,1-3H3;1-2H3. The monoisotopic (exact) mass is 281 g/mol. The van der Waals surface area contributed by atoms with Crippen LogP contribution in [0.15, 0.2) is 0 Å². The van der Waals surface area contributed by atoms with E-state index in [1.165, 1.54) is 58.5 Å². The van der Waals surface area contributed by atoms with Crippen LogP contribution in [0.2, 0.25) is 0 Å². The third-order valence-electron chi connectivity index (χ3n) is 5.34. The average Bonchev–Trinajstić information content (AvgIpc) is 2.90. The molecule has 3 heteroatoms. The van der Waals surface area contributed by atoms with Crippen LogP contribution >= 0.6 is 0 Å². The molecular weight excluding hydrogens is 246 g/mol. The van der Waals surface area contributed by atoms with Crippen molar-refractivity contribution in [2.75, 3.05) is 46.3 Å². The van der Waals surface area contributed by atoms with Gasteiger partial charge in [-0.3, -0.25) is 9.80 Å². The highest BCUT2D eigenvalue weighted by Crippen LogP contribution is 2.39. The zero-order valence-corrected chi connectivity index (χ0v) is 14.4. The molecule has 3 fully saturated rings. The second-order valence-electron chi connectivity index (χ2n) is 7.28. The third kappa shape index (κ3) is 3.37. The Kier molecular flexibility index (Phi) is 5.49. The van der Waals surface area contributed by atoms with Gasteiger partial charge in [-0.05, 0) is 46.7 Å². The maximum Gasteiger partial charge on any atom is 0.0235 e. The molecule has 20 heavy (non-hydrogen) atoms. The summed E-state index contributed by atoms with van der Waals surface area (Å²) in [6.45, 7) is 16.7. The van der Waals surface area contributed by atoms with Crippen LogP contribution in [-0.2, 0) is 0 Å². The number of likely N-dealkylation sites (tertiary alicyclic amines) is 3. The maximum atomic E-state index is 2.82. The van der Waals surface area contributed by atoms with E-state index in [4.69, 9.17) is 0 Å². The average molecular weight is 281 g/mol. The van der Waals surface area contributed by atoms with Crippen LogP contribution in [0.3, 0.4) is 0 Å². The van der Waals surface area contributed by atoms with E-state index in [0.717, 1.165) is 12.1 Å². The van der Waals surface area contributed by atoms with Gasteiger partial charge in [-0.1, -0.05) is 13.8 Å². The fourth-order valence-corrected chi connectivity index (χ4v) is 4.45. The van der Waals surface area contributed by atoms with Gasteiger partial charge in [-0.15, -0.1) is 0 Å². The molecule has 3 nitrogen and oxygen atoms in total. The van der Waals surface area contributed by atoms with Crippen LogP contribution in [0.4, 0.5) is 0 Å². The molecule has 3 heterocycles. The molecule has 1 atom stereocenters. The molecule has 1 spiro atoms. The van der Waals surface area contributed by atoms with Crippen molar-refractivity contribution in [3.8, 4) is 0 Å². The molecule has 3 aliphatic rings. The van der Waals surface area contributed by atoms with Gasteiger partial charge < -0.3 is 4.90 Å². The highest BCUT2D eigenvalue weighted by atomic mass is 15.3. The first-order chi connectivity index (χ1) is 9.58. The largest absolute Gasteiger partial charge is 0.305 e. The molecule has 1 unspecified atom stereocenters. The van der Waals surface area contributed by atoms with Gasteiger partial charge in [0.1, 0.15) is 0 Å². The Labute approximate surface area is 126 Å². The van der Waals surface area contributed by atoms with Crippen LogP contribution in [-0.4, -0.2) is 73.1 Å². The predicted molar refractivity (Wildman–Crippen MR) is 87.2 cm³/mol. The van der Waals surface area contributed by atoms with Crippen LogP contribution < -0.4 is 0 Å². The molecule has 0 radical (unpaired) electrons. The van der Waals surface area contributed by atoms with E-state index in [1.54, 1.807) is 0 Å². The predicted octanol–water partition coefficient (Wildman–Crippen LogP) is 2.52. The fourth-order valence-electron chi connectivity index (χ4n) is 4.45.